The molecule has 0 aromatic heterocycles. The van der Waals surface area contributed by atoms with Gasteiger partial charge in [-0.25, -0.2) is 0 Å². The topological polar surface area (TPSA) is 58.6 Å². The molecule has 0 atom stereocenters. The molecule has 0 aliphatic rings. The van der Waals surface area contributed by atoms with Gasteiger partial charge >= 0.3 is 0 Å². The highest BCUT2D eigenvalue weighted by molar-refractivity contribution is 6.00. The van der Waals surface area contributed by atoms with Gasteiger partial charge in [0.25, 0.3) is 5.91 Å². The lowest BCUT2D eigenvalue weighted by Gasteiger charge is -2.20. The van der Waals surface area contributed by atoms with Crippen LogP contribution in [0.2, 0.25) is 0 Å². The third kappa shape index (κ3) is 5.72. The Labute approximate surface area is 183 Å². The second-order valence-corrected chi connectivity index (χ2v) is 7.74. The van der Waals surface area contributed by atoms with E-state index in [0.717, 1.165) is 33.7 Å². The maximum absolute atomic E-state index is 13.0. The first-order valence-corrected chi connectivity index (χ1v) is 10.2. The largest absolute Gasteiger partial charge is 0.489 e. The van der Waals surface area contributed by atoms with Crippen molar-refractivity contribution in [2.75, 3.05) is 18.9 Å². The first kappa shape index (κ1) is 22.1. The molecule has 0 aliphatic carbocycles. The van der Waals surface area contributed by atoms with Crippen molar-refractivity contribution in [3.63, 3.8) is 0 Å². The Morgan fingerprint density at radius 1 is 0.903 bits per heavy atom. The number of amides is 2. The van der Waals surface area contributed by atoms with E-state index in [1.54, 1.807) is 13.1 Å². The molecule has 0 radical (unpaired) electrons. The van der Waals surface area contributed by atoms with E-state index >= 15 is 0 Å². The van der Waals surface area contributed by atoms with E-state index in [2.05, 4.69) is 5.32 Å². The molecule has 0 fully saturated rings. The summed E-state index contributed by atoms with van der Waals surface area (Å²) in [5, 5.41) is 2.95. The highest BCUT2D eigenvalue weighted by atomic mass is 16.5. The molecule has 3 aromatic carbocycles. The van der Waals surface area contributed by atoms with E-state index in [9.17, 15) is 9.59 Å². The fraction of sp³-hybridized carbons (Fsp3) is 0.231. The quantitative estimate of drug-likeness (QED) is 0.596. The molecule has 0 saturated heterocycles. The number of hydrogen-bond donors (Lipinski definition) is 1. The summed E-state index contributed by atoms with van der Waals surface area (Å²) in [6, 6.07) is 20.8. The number of para-hydroxylation sites is 1. The van der Waals surface area contributed by atoms with Crippen molar-refractivity contribution in [1.82, 2.24) is 4.90 Å². The number of aryl methyl sites for hydroxylation is 3. The van der Waals surface area contributed by atoms with Crippen LogP contribution in [0.3, 0.4) is 0 Å². The Kier molecular flexibility index (Phi) is 7.08. The first-order valence-electron chi connectivity index (χ1n) is 10.2. The van der Waals surface area contributed by atoms with Crippen molar-refractivity contribution >= 4 is 17.5 Å². The molecular formula is C26H28N2O3. The molecular weight excluding hydrogens is 388 g/mol. The predicted molar refractivity (Wildman–Crippen MR) is 123 cm³/mol. The number of benzene rings is 3. The summed E-state index contributed by atoms with van der Waals surface area (Å²) >= 11 is 0. The standard InChI is InChI=1S/C26H28N2O3/c1-18-14-19(2)25(20(3)15-18)27-24(29)16-28(4)26(30)23-13-9-8-10-21(23)17-31-22-11-6-5-7-12-22/h5-15H,16-17H2,1-4H3,(H,27,29). The number of rotatable bonds is 7. The summed E-state index contributed by atoms with van der Waals surface area (Å²) in [6.45, 7) is 6.19. The Morgan fingerprint density at radius 3 is 2.19 bits per heavy atom. The molecule has 0 unspecified atom stereocenters. The van der Waals surface area contributed by atoms with Crippen LogP contribution in [0, 0.1) is 20.8 Å². The molecule has 0 aliphatic heterocycles. The van der Waals surface area contributed by atoms with Gasteiger partial charge in [0.2, 0.25) is 5.91 Å². The Bertz CT molecular complexity index is 1050. The number of carbonyl (C=O) groups excluding carboxylic acids is 2. The van der Waals surface area contributed by atoms with Gasteiger partial charge in [0, 0.05) is 23.9 Å². The summed E-state index contributed by atoms with van der Waals surface area (Å²) in [4.78, 5) is 27.1. The number of hydrogen-bond acceptors (Lipinski definition) is 3. The van der Waals surface area contributed by atoms with Crippen molar-refractivity contribution in [3.05, 3.63) is 94.5 Å². The minimum absolute atomic E-state index is 0.0422. The van der Waals surface area contributed by atoms with E-state index in [1.165, 1.54) is 4.90 Å². The average molecular weight is 417 g/mol. The van der Waals surface area contributed by atoms with Crippen LogP contribution in [0.4, 0.5) is 5.69 Å². The van der Waals surface area contributed by atoms with E-state index in [0.29, 0.717) is 5.56 Å². The van der Waals surface area contributed by atoms with Crippen molar-refractivity contribution in [1.29, 1.82) is 0 Å². The summed E-state index contributed by atoms with van der Waals surface area (Å²) in [6.07, 6.45) is 0. The van der Waals surface area contributed by atoms with Crippen LogP contribution < -0.4 is 10.1 Å². The first-order chi connectivity index (χ1) is 14.8. The van der Waals surface area contributed by atoms with Crippen LogP contribution in [0.15, 0.2) is 66.7 Å². The van der Waals surface area contributed by atoms with Crippen molar-refractivity contribution < 1.29 is 14.3 Å². The molecule has 3 rings (SSSR count). The van der Waals surface area contributed by atoms with Gasteiger partial charge in [-0.2, -0.15) is 0 Å². The monoisotopic (exact) mass is 416 g/mol. The number of ether oxygens (including phenoxy) is 1. The van der Waals surface area contributed by atoms with E-state index in [-0.39, 0.29) is 25.0 Å². The van der Waals surface area contributed by atoms with Crippen LogP contribution in [0.1, 0.15) is 32.6 Å². The van der Waals surface area contributed by atoms with Crippen LogP contribution in [0.5, 0.6) is 5.75 Å². The number of nitrogens with one attached hydrogen (secondary N) is 1. The second-order valence-electron chi connectivity index (χ2n) is 7.74. The van der Waals surface area contributed by atoms with E-state index < -0.39 is 0 Å². The summed E-state index contributed by atoms with van der Waals surface area (Å²) in [5.74, 6) is 0.282. The lowest BCUT2D eigenvalue weighted by Crippen LogP contribution is -2.35. The van der Waals surface area contributed by atoms with Crippen LogP contribution in [-0.2, 0) is 11.4 Å². The lowest BCUT2D eigenvalue weighted by molar-refractivity contribution is -0.116. The highest BCUT2D eigenvalue weighted by Crippen LogP contribution is 2.22. The molecule has 0 spiro atoms. The Hall–Kier alpha value is -3.60. The highest BCUT2D eigenvalue weighted by Gasteiger charge is 2.19. The van der Waals surface area contributed by atoms with Gasteiger partial charge in [-0.1, -0.05) is 54.1 Å². The molecule has 5 nitrogen and oxygen atoms in total. The van der Waals surface area contributed by atoms with Crippen LogP contribution >= 0.6 is 0 Å². The van der Waals surface area contributed by atoms with Crippen LogP contribution in [0.25, 0.3) is 0 Å². The van der Waals surface area contributed by atoms with Gasteiger partial charge < -0.3 is 15.0 Å². The third-order valence-electron chi connectivity index (χ3n) is 5.05. The van der Waals surface area contributed by atoms with E-state index in [4.69, 9.17) is 4.74 Å². The fourth-order valence-corrected chi connectivity index (χ4v) is 3.58. The fourth-order valence-electron chi connectivity index (χ4n) is 3.58. The van der Waals surface area contributed by atoms with Gasteiger partial charge in [0.15, 0.2) is 0 Å². The molecule has 3 aromatic rings. The number of carbonyl (C=O) groups is 2. The molecule has 160 valence electrons. The van der Waals surface area contributed by atoms with Crippen molar-refractivity contribution in [3.8, 4) is 5.75 Å². The smallest absolute Gasteiger partial charge is 0.254 e. The van der Waals surface area contributed by atoms with Crippen molar-refractivity contribution in [2.24, 2.45) is 0 Å². The SMILES string of the molecule is Cc1cc(C)c(NC(=O)CN(C)C(=O)c2ccccc2COc2ccccc2)c(C)c1. The molecule has 5 heteroatoms. The molecule has 0 saturated carbocycles. The Balaban J connectivity index is 1.67. The summed E-state index contributed by atoms with van der Waals surface area (Å²) in [7, 11) is 1.63. The maximum atomic E-state index is 13.0. The molecule has 0 heterocycles. The predicted octanol–water partition coefficient (Wildman–Crippen LogP) is 4.90. The zero-order valence-corrected chi connectivity index (χ0v) is 18.4. The number of anilines is 1. The van der Waals surface area contributed by atoms with Gasteiger partial charge in [-0.05, 0) is 50.1 Å². The summed E-state index contributed by atoms with van der Waals surface area (Å²) < 4.78 is 5.81. The average Bonchev–Trinajstić information content (AvgIpc) is 2.75. The van der Waals surface area contributed by atoms with Gasteiger partial charge in [-0.15, -0.1) is 0 Å². The third-order valence-corrected chi connectivity index (χ3v) is 5.05. The normalized spacial score (nSPS) is 10.5. The van der Waals surface area contributed by atoms with Gasteiger partial charge in [0.1, 0.15) is 12.4 Å². The number of nitrogens with zero attached hydrogens (tertiary/aromatic N) is 1. The Morgan fingerprint density at radius 2 is 1.52 bits per heavy atom. The molecule has 1 N–H and O–H groups in total. The second kappa shape index (κ2) is 9.94. The van der Waals surface area contributed by atoms with Gasteiger partial charge in [-0.3, -0.25) is 9.59 Å². The minimum atomic E-state index is -0.232. The van der Waals surface area contributed by atoms with E-state index in [1.807, 2.05) is 81.4 Å². The molecule has 2 amide bonds. The minimum Gasteiger partial charge on any atom is -0.489 e. The number of likely N-dealkylation sites (N-methyl/N-ethyl adjacent to an activating group) is 1. The lowest BCUT2D eigenvalue weighted by atomic mass is 10.1. The maximum Gasteiger partial charge on any atom is 0.254 e. The molecule has 0 bridgehead atoms. The molecule has 31 heavy (non-hydrogen) atoms. The van der Waals surface area contributed by atoms with Crippen molar-refractivity contribution in [2.45, 2.75) is 27.4 Å². The zero-order valence-electron chi connectivity index (χ0n) is 18.4. The summed E-state index contributed by atoms with van der Waals surface area (Å²) in [5.41, 5.74) is 5.25. The van der Waals surface area contributed by atoms with Gasteiger partial charge in [0.05, 0.1) is 6.54 Å². The van der Waals surface area contributed by atoms with Crippen LogP contribution in [-0.4, -0.2) is 30.3 Å². The zero-order chi connectivity index (χ0) is 22.4.